The highest BCUT2D eigenvalue weighted by Crippen LogP contribution is 2.29. The number of benzene rings is 2. The summed E-state index contributed by atoms with van der Waals surface area (Å²) in [5.74, 6) is -1.41. The number of sulfone groups is 1. The largest absolute Gasteiger partial charge is 0.495 e. The molecule has 3 rings (SSSR count). The molecule has 0 saturated carbocycles. The van der Waals surface area contributed by atoms with Gasteiger partial charge >= 0.3 is 5.97 Å². The number of halogens is 1. The molecule has 0 spiro atoms. The summed E-state index contributed by atoms with van der Waals surface area (Å²) in [7, 11) is -2.61. The van der Waals surface area contributed by atoms with Crippen molar-refractivity contribution < 1.29 is 32.3 Å². The fourth-order valence-electron chi connectivity index (χ4n) is 3.24. The van der Waals surface area contributed by atoms with Crippen LogP contribution in [0.3, 0.4) is 0 Å². The molecule has 1 heterocycles. The second-order valence-corrected chi connectivity index (χ2v) is 10.9. The first kappa shape index (κ1) is 26.8. The zero-order chi connectivity index (χ0) is 25.6. The summed E-state index contributed by atoms with van der Waals surface area (Å²) >= 11 is 7.10. The number of esters is 1. The molecule has 0 radical (unpaired) electrons. The lowest BCUT2D eigenvalue weighted by Crippen LogP contribution is -2.59. The molecule has 0 aromatic heterocycles. The molecule has 10 nitrogen and oxygen atoms in total. The number of amides is 2. The Bertz CT molecular complexity index is 1220. The van der Waals surface area contributed by atoms with Crippen LogP contribution < -0.4 is 20.7 Å². The molecule has 2 aromatic rings. The van der Waals surface area contributed by atoms with Gasteiger partial charge in [-0.05, 0) is 37.3 Å². The number of carbonyl (C=O) groups is 3. The zero-order valence-electron chi connectivity index (χ0n) is 18.9. The van der Waals surface area contributed by atoms with Crippen molar-refractivity contribution in [2.24, 2.45) is 0 Å². The van der Waals surface area contributed by atoms with Crippen molar-refractivity contribution in [2.75, 3.05) is 31.3 Å². The van der Waals surface area contributed by atoms with Crippen LogP contribution in [0, 0.1) is 0 Å². The second kappa shape index (κ2) is 11.8. The summed E-state index contributed by atoms with van der Waals surface area (Å²) in [6, 6.07) is 10.4. The van der Waals surface area contributed by atoms with Gasteiger partial charge in [-0.15, -0.1) is 11.8 Å². The molecule has 35 heavy (non-hydrogen) atoms. The average molecular weight is 542 g/mol. The maximum Gasteiger partial charge on any atom is 0.340 e. The number of methoxy groups -OCH3 is 1. The minimum Gasteiger partial charge on any atom is -0.495 e. The van der Waals surface area contributed by atoms with Crippen molar-refractivity contribution in [3.8, 4) is 5.75 Å². The highest BCUT2D eigenvalue weighted by molar-refractivity contribution is 8.00. The van der Waals surface area contributed by atoms with Crippen molar-refractivity contribution in [1.82, 2.24) is 10.6 Å². The predicted octanol–water partition coefficient (Wildman–Crippen LogP) is 2.04. The van der Waals surface area contributed by atoms with Crippen LogP contribution in [0.15, 0.2) is 47.4 Å². The summed E-state index contributed by atoms with van der Waals surface area (Å²) in [5.41, 5.74) is -0.149. The number of ether oxygens (including phenoxy) is 2. The summed E-state index contributed by atoms with van der Waals surface area (Å²) in [5, 5.41) is 6.88. The summed E-state index contributed by atoms with van der Waals surface area (Å²) in [6.07, 6.45) is 0. The van der Waals surface area contributed by atoms with Gasteiger partial charge < -0.3 is 20.1 Å². The summed E-state index contributed by atoms with van der Waals surface area (Å²) in [4.78, 5) is 37.0. The summed E-state index contributed by atoms with van der Waals surface area (Å²) < 4.78 is 35.9. The SMILES string of the molecule is CCOC(=O)c1ccccc1NC(=O)CSC1NCC(S(=O)(=O)c2ccc(OC)c(Cl)c2)C(=O)N1. The van der Waals surface area contributed by atoms with Crippen LogP contribution in [0.25, 0.3) is 0 Å². The lowest BCUT2D eigenvalue weighted by molar-refractivity contribution is -0.122. The second-order valence-electron chi connectivity index (χ2n) is 7.25. The molecule has 2 aromatic carbocycles. The van der Waals surface area contributed by atoms with Gasteiger partial charge in [-0.1, -0.05) is 23.7 Å². The number of hydrogen-bond acceptors (Lipinski definition) is 9. The molecule has 1 fully saturated rings. The third-order valence-electron chi connectivity index (χ3n) is 4.96. The fourth-order valence-corrected chi connectivity index (χ4v) is 5.90. The van der Waals surface area contributed by atoms with Crippen LogP contribution in [0.2, 0.25) is 5.02 Å². The van der Waals surface area contributed by atoms with Crippen molar-refractivity contribution >= 4 is 56.7 Å². The van der Waals surface area contributed by atoms with Crippen molar-refractivity contribution in [3.05, 3.63) is 53.1 Å². The maximum atomic E-state index is 12.9. The molecule has 0 aliphatic carbocycles. The number of rotatable bonds is 9. The molecule has 1 aliphatic rings. The third-order valence-corrected chi connectivity index (χ3v) is 8.34. The van der Waals surface area contributed by atoms with E-state index in [2.05, 4.69) is 16.0 Å². The Morgan fingerprint density at radius 2 is 1.97 bits per heavy atom. The van der Waals surface area contributed by atoms with Gasteiger partial charge in [-0.3, -0.25) is 14.9 Å². The van der Waals surface area contributed by atoms with E-state index in [1.807, 2.05) is 0 Å². The number of carbonyl (C=O) groups excluding carboxylic acids is 3. The highest BCUT2D eigenvalue weighted by atomic mass is 35.5. The Morgan fingerprint density at radius 1 is 1.23 bits per heavy atom. The van der Waals surface area contributed by atoms with E-state index in [1.54, 1.807) is 31.2 Å². The third kappa shape index (κ3) is 6.45. The van der Waals surface area contributed by atoms with Crippen molar-refractivity contribution in [3.63, 3.8) is 0 Å². The van der Waals surface area contributed by atoms with Gasteiger partial charge in [0, 0.05) is 6.54 Å². The van der Waals surface area contributed by atoms with E-state index >= 15 is 0 Å². The number of thioether (sulfide) groups is 1. The molecule has 1 aliphatic heterocycles. The molecule has 2 unspecified atom stereocenters. The molecule has 188 valence electrons. The predicted molar refractivity (Wildman–Crippen MR) is 132 cm³/mol. The van der Waals surface area contributed by atoms with E-state index in [0.717, 1.165) is 11.8 Å². The first-order valence-corrected chi connectivity index (χ1v) is 13.4. The Balaban J connectivity index is 1.57. The van der Waals surface area contributed by atoms with Crippen LogP contribution in [-0.2, 0) is 24.2 Å². The fraction of sp³-hybridized carbons (Fsp3) is 0.318. The van der Waals surface area contributed by atoms with E-state index in [-0.39, 0.29) is 34.4 Å². The van der Waals surface area contributed by atoms with Gasteiger partial charge in [0.05, 0.1) is 40.6 Å². The van der Waals surface area contributed by atoms with Gasteiger partial charge in [0.15, 0.2) is 15.1 Å². The van der Waals surface area contributed by atoms with Gasteiger partial charge in [0.2, 0.25) is 11.8 Å². The smallest absolute Gasteiger partial charge is 0.340 e. The number of nitrogens with one attached hydrogen (secondary N) is 3. The molecule has 2 amide bonds. The zero-order valence-corrected chi connectivity index (χ0v) is 21.3. The monoisotopic (exact) mass is 541 g/mol. The molecule has 1 saturated heterocycles. The van der Waals surface area contributed by atoms with Crippen LogP contribution in [0.5, 0.6) is 5.75 Å². The number of anilines is 1. The van der Waals surface area contributed by atoms with Crippen molar-refractivity contribution in [2.45, 2.75) is 22.6 Å². The van der Waals surface area contributed by atoms with Gasteiger partial charge in [-0.2, -0.15) is 0 Å². The Kier molecular flexibility index (Phi) is 9.00. The number of para-hydroxylation sites is 1. The topological polar surface area (TPSA) is 140 Å². The van der Waals surface area contributed by atoms with E-state index in [4.69, 9.17) is 21.1 Å². The first-order chi connectivity index (χ1) is 16.7. The van der Waals surface area contributed by atoms with Crippen LogP contribution >= 0.6 is 23.4 Å². The standard InChI is InChI=1S/C22H24ClN3O7S2/c1-3-33-21(29)14-6-4-5-7-16(14)25-19(27)12-34-22-24-11-18(20(28)26-22)35(30,31)13-8-9-17(32-2)15(23)10-13/h4-10,18,22,24H,3,11-12H2,1-2H3,(H,25,27)(H,26,28). The van der Waals surface area contributed by atoms with Gasteiger partial charge in [-0.25, -0.2) is 13.2 Å². The quantitative estimate of drug-likeness (QED) is 0.407. The Labute approximate surface area is 212 Å². The van der Waals surface area contributed by atoms with Crippen LogP contribution in [0.4, 0.5) is 5.69 Å². The molecule has 0 bridgehead atoms. The van der Waals surface area contributed by atoms with E-state index in [0.29, 0.717) is 11.4 Å². The molecular weight excluding hydrogens is 518 g/mol. The number of hydrogen-bond donors (Lipinski definition) is 3. The summed E-state index contributed by atoms with van der Waals surface area (Å²) in [6.45, 7) is 1.73. The van der Waals surface area contributed by atoms with Crippen LogP contribution in [-0.4, -0.2) is 63.0 Å². The maximum absolute atomic E-state index is 12.9. The Morgan fingerprint density at radius 3 is 2.63 bits per heavy atom. The lowest BCUT2D eigenvalue weighted by atomic mass is 10.2. The van der Waals surface area contributed by atoms with E-state index in [1.165, 1.54) is 25.3 Å². The Hall–Kier alpha value is -2.80. The average Bonchev–Trinajstić information content (AvgIpc) is 2.83. The van der Waals surface area contributed by atoms with Gasteiger partial charge in [0.25, 0.3) is 0 Å². The molecular formula is C22H24ClN3O7S2. The van der Waals surface area contributed by atoms with E-state index < -0.39 is 38.4 Å². The normalized spacial score (nSPS) is 17.9. The molecule has 3 N–H and O–H groups in total. The lowest BCUT2D eigenvalue weighted by Gasteiger charge is -2.29. The van der Waals surface area contributed by atoms with E-state index in [9.17, 15) is 22.8 Å². The minimum absolute atomic E-state index is 0.0688. The minimum atomic E-state index is -4.02. The van der Waals surface area contributed by atoms with Crippen molar-refractivity contribution in [1.29, 1.82) is 0 Å². The van der Waals surface area contributed by atoms with Crippen LogP contribution in [0.1, 0.15) is 17.3 Å². The van der Waals surface area contributed by atoms with Gasteiger partial charge in [0.1, 0.15) is 11.2 Å². The highest BCUT2D eigenvalue weighted by Gasteiger charge is 2.39. The molecule has 2 atom stereocenters. The first-order valence-electron chi connectivity index (χ1n) is 10.5. The molecule has 13 heteroatoms.